The van der Waals surface area contributed by atoms with Gasteiger partial charge in [0.05, 0.1) is 0 Å². The number of carbonyl (C=O) groups is 3. The maximum Gasteiger partial charge on any atom is 0.356 e. The van der Waals surface area contributed by atoms with Crippen molar-refractivity contribution >= 4 is 46.6 Å². The lowest BCUT2D eigenvalue weighted by Crippen LogP contribution is -2.73. The molecule has 49 heavy (non-hydrogen) atoms. The predicted molar refractivity (Wildman–Crippen MR) is 189 cm³/mol. The number of β-lactam (4-membered cyclic amide) rings is 1. The van der Waals surface area contributed by atoms with E-state index < -0.39 is 35.0 Å². The first-order chi connectivity index (χ1) is 23.5. The zero-order chi connectivity index (χ0) is 34.9. The molecule has 1 N–H and O–H groups in total. The van der Waals surface area contributed by atoms with Crippen LogP contribution in [0.1, 0.15) is 56.1 Å². The van der Waals surface area contributed by atoms with E-state index >= 15 is 0 Å². The molecule has 2 heterocycles. The number of methoxy groups -OCH3 is 1. The van der Waals surface area contributed by atoms with E-state index in [2.05, 4.69) is 0 Å². The maximum absolute atomic E-state index is 14.2. The second-order valence-corrected chi connectivity index (χ2v) is 14.1. The highest BCUT2D eigenvalue weighted by atomic mass is 32.2. The fraction of sp³-hybridized carbons (Fsp3) is 0.282. The van der Waals surface area contributed by atoms with Crippen LogP contribution in [-0.4, -0.2) is 64.6 Å². The Hall–Kier alpha value is -4.93. The highest BCUT2D eigenvalue weighted by Gasteiger charge is 2.66. The van der Waals surface area contributed by atoms with Gasteiger partial charge >= 0.3 is 11.9 Å². The summed E-state index contributed by atoms with van der Waals surface area (Å²) in [6.45, 7) is 7.15. The van der Waals surface area contributed by atoms with E-state index in [1.165, 1.54) is 30.7 Å². The van der Waals surface area contributed by atoms with Crippen molar-refractivity contribution in [1.29, 1.82) is 0 Å². The third-order valence-electron chi connectivity index (χ3n) is 8.72. The van der Waals surface area contributed by atoms with Crippen LogP contribution in [0, 0.1) is 0 Å². The third-order valence-corrected chi connectivity index (χ3v) is 10.1. The van der Waals surface area contributed by atoms with Gasteiger partial charge in [0.2, 0.25) is 0 Å². The number of hydrogen-bond acceptors (Lipinski definition) is 9. The number of nitrogens with zero attached hydrogens (tertiary/aromatic N) is 2. The van der Waals surface area contributed by atoms with Gasteiger partial charge in [0.1, 0.15) is 23.4 Å². The van der Waals surface area contributed by atoms with Crippen molar-refractivity contribution in [2.75, 3.05) is 19.5 Å². The van der Waals surface area contributed by atoms with Gasteiger partial charge in [0, 0.05) is 48.1 Å². The lowest BCUT2D eigenvalue weighted by molar-refractivity contribution is -0.183. The monoisotopic (exact) mass is 678 g/mol. The molecular formula is C39H38N2O7S. The molecule has 1 saturated heterocycles. The van der Waals surface area contributed by atoms with E-state index in [0.29, 0.717) is 16.5 Å². The molecule has 1 amide bonds. The first-order valence-corrected chi connectivity index (χ1v) is 17.0. The van der Waals surface area contributed by atoms with Gasteiger partial charge in [0.25, 0.3) is 11.6 Å². The molecular weight excluding hydrogens is 641 g/mol. The summed E-state index contributed by atoms with van der Waals surface area (Å²) in [5, 5.41) is 11.8. The largest absolute Gasteiger partial charge is 0.507 e. The van der Waals surface area contributed by atoms with Crippen LogP contribution in [0.3, 0.4) is 0 Å². The number of amides is 1. The highest BCUT2D eigenvalue weighted by Crippen LogP contribution is 2.49. The number of hydrogen-bond donors (Lipinski definition) is 1. The summed E-state index contributed by atoms with van der Waals surface area (Å²) < 4.78 is 17.4. The molecule has 0 aliphatic carbocycles. The molecule has 6 rings (SSSR count). The van der Waals surface area contributed by atoms with Crippen LogP contribution in [0.5, 0.6) is 5.75 Å². The van der Waals surface area contributed by atoms with Crippen LogP contribution < -0.4 is 0 Å². The number of fused-ring (bicyclic) bond motifs is 2. The van der Waals surface area contributed by atoms with Crippen LogP contribution in [0.2, 0.25) is 0 Å². The van der Waals surface area contributed by atoms with Crippen LogP contribution in [0.15, 0.2) is 107 Å². The fourth-order valence-corrected chi connectivity index (χ4v) is 7.61. The van der Waals surface area contributed by atoms with Crippen LogP contribution in [-0.2, 0) is 34.0 Å². The lowest BCUT2D eigenvalue weighted by atomic mass is 9.83. The molecule has 0 radical (unpaired) electrons. The molecule has 2 aliphatic heterocycles. The molecule has 2 atom stereocenters. The van der Waals surface area contributed by atoms with E-state index in [1.807, 2.05) is 112 Å². The molecule has 252 valence electrons. The van der Waals surface area contributed by atoms with E-state index in [0.717, 1.165) is 22.1 Å². The Kier molecular flexibility index (Phi) is 9.37. The maximum atomic E-state index is 14.2. The highest BCUT2D eigenvalue weighted by molar-refractivity contribution is 8.00. The Balaban J connectivity index is 1.38. The van der Waals surface area contributed by atoms with E-state index in [9.17, 15) is 19.5 Å². The summed E-state index contributed by atoms with van der Waals surface area (Å²) in [6.07, 6.45) is 0.847. The molecule has 0 aromatic heterocycles. The number of phenolic OH excluding ortho intramolecular Hbond substituents is 1. The first kappa shape index (κ1) is 34.0. The molecule has 0 unspecified atom stereocenters. The average molecular weight is 679 g/mol. The minimum atomic E-state index is -1.64. The van der Waals surface area contributed by atoms with Crippen LogP contribution >= 0.6 is 11.8 Å². The van der Waals surface area contributed by atoms with Gasteiger partial charge in [0.15, 0.2) is 6.10 Å². The standard InChI is InChI=1S/C39H38N2O7S/c1-24(42)47-22-28-23-49-37-39(46-5,40-21-27-20-31(38(2,3)4)33(43)30-19-13-12-18-29(27)30)36(45)41(37)32(28)35(44)48-34(25-14-8-6-9-15-25)26-16-10-7-11-17-26/h6-21,34,37,43H,22-23H2,1-5H3/b40-21+/t37-,39+/m1/s1. The van der Waals surface area contributed by atoms with Gasteiger partial charge in [-0.3, -0.25) is 14.5 Å². The second kappa shape index (κ2) is 13.5. The van der Waals surface area contributed by atoms with Crippen LogP contribution in [0.4, 0.5) is 0 Å². The summed E-state index contributed by atoms with van der Waals surface area (Å²) in [7, 11) is 1.42. The molecule has 4 aromatic carbocycles. The van der Waals surface area contributed by atoms with E-state index in [-0.39, 0.29) is 29.2 Å². The average Bonchev–Trinajstić information content (AvgIpc) is 3.10. The zero-order valence-corrected chi connectivity index (χ0v) is 28.8. The van der Waals surface area contributed by atoms with Gasteiger partial charge in [-0.15, -0.1) is 11.8 Å². The third kappa shape index (κ3) is 6.34. The van der Waals surface area contributed by atoms with Gasteiger partial charge in [-0.05, 0) is 28.0 Å². The summed E-state index contributed by atoms with van der Waals surface area (Å²) in [4.78, 5) is 46.3. The van der Waals surface area contributed by atoms with Crippen molar-refractivity contribution in [2.24, 2.45) is 4.99 Å². The number of benzene rings is 4. The Morgan fingerprint density at radius 2 is 1.59 bits per heavy atom. The molecule has 0 bridgehead atoms. The Morgan fingerprint density at radius 3 is 2.16 bits per heavy atom. The van der Waals surface area contributed by atoms with Crippen molar-refractivity contribution in [3.05, 3.63) is 125 Å². The quantitative estimate of drug-likeness (QED) is 0.119. The molecule has 9 nitrogen and oxygen atoms in total. The number of aliphatic imine (C=N–C) groups is 1. The molecule has 0 saturated carbocycles. The first-order valence-electron chi connectivity index (χ1n) is 15.9. The zero-order valence-electron chi connectivity index (χ0n) is 28.0. The number of rotatable bonds is 9. The second-order valence-electron chi connectivity index (χ2n) is 13.0. The number of phenols is 1. The fourth-order valence-electron chi connectivity index (χ4n) is 6.20. The van der Waals surface area contributed by atoms with E-state index in [4.69, 9.17) is 19.2 Å². The molecule has 1 fully saturated rings. The van der Waals surface area contributed by atoms with Crippen molar-refractivity contribution in [2.45, 2.75) is 50.3 Å². The number of ether oxygens (including phenoxy) is 3. The van der Waals surface area contributed by atoms with Gasteiger partial charge in [-0.25, -0.2) is 9.79 Å². The molecule has 10 heteroatoms. The molecule has 0 spiro atoms. The Morgan fingerprint density at radius 1 is 1.00 bits per heavy atom. The summed E-state index contributed by atoms with van der Waals surface area (Å²) in [5.41, 5.74) is 1.42. The van der Waals surface area contributed by atoms with E-state index in [1.54, 1.807) is 6.21 Å². The summed E-state index contributed by atoms with van der Waals surface area (Å²) in [5.74, 6) is -1.32. The smallest absolute Gasteiger partial charge is 0.356 e. The molecule has 4 aromatic rings. The Labute approximate surface area is 289 Å². The summed E-state index contributed by atoms with van der Waals surface area (Å²) >= 11 is 1.36. The predicted octanol–water partition coefficient (Wildman–Crippen LogP) is 6.67. The number of aromatic hydroxyl groups is 1. The van der Waals surface area contributed by atoms with Gasteiger partial charge in [-0.2, -0.15) is 0 Å². The number of esters is 2. The van der Waals surface area contributed by atoms with Crippen molar-refractivity contribution in [1.82, 2.24) is 4.90 Å². The van der Waals surface area contributed by atoms with Gasteiger partial charge < -0.3 is 19.3 Å². The minimum Gasteiger partial charge on any atom is -0.507 e. The topological polar surface area (TPSA) is 115 Å². The number of carbonyl (C=O) groups excluding carboxylic acids is 3. The lowest BCUT2D eigenvalue weighted by Gasteiger charge is -2.54. The summed E-state index contributed by atoms with van der Waals surface area (Å²) in [6, 6.07) is 28.1. The SMILES string of the molecule is CO[C@@]1(/N=C/c2cc(C(C)(C)C)c(O)c3ccccc23)C(=O)N2C(C(=O)OC(c3ccccc3)c3ccccc3)=C(COC(C)=O)CS[C@@H]21. The number of thioether (sulfide) groups is 1. The van der Waals surface area contributed by atoms with Gasteiger partial charge in [-0.1, -0.05) is 106 Å². The Bertz CT molecular complexity index is 1930. The molecule has 2 aliphatic rings. The van der Waals surface area contributed by atoms with Crippen molar-refractivity contribution in [3.63, 3.8) is 0 Å². The minimum absolute atomic E-state index is 0.0137. The normalized spacial score (nSPS) is 19.3. The van der Waals surface area contributed by atoms with Crippen molar-refractivity contribution in [3.8, 4) is 5.75 Å². The van der Waals surface area contributed by atoms with Crippen molar-refractivity contribution < 1.29 is 33.7 Å². The van der Waals surface area contributed by atoms with Crippen LogP contribution in [0.25, 0.3) is 10.8 Å².